The zero-order valence-electron chi connectivity index (χ0n) is 12.7. The number of hydrogen-bond acceptors (Lipinski definition) is 4. The molecule has 1 aliphatic rings. The van der Waals surface area contributed by atoms with Crippen molar-refractivity contribution in [3.05, 3.63) is 12.2 Å². The number of aromatic nitrogens is 3. The van der Waals surface area contributed by atoms with Crippen LogP contribution in [0.25, 0.3) is 0 Å². The average molecular weight is 265 g/mol. The standard InChI is InChI=1S/C14H27N5/c1-5-7-12-8-18(14(3,4)10-15-12)9-13-16-11-17-19(13)6-2/h11-12,15H,5-10H2,1-4H3. The van der Waals surface area contributed by atoms with E-state index < -0.39 is 0 Å². The van der Waals surface area contributed by atoms with E-state index in [2.05, 4.69) is 48.0 Å². The van der Waals surface area contributed by atoms with Crippen LogP contribution in [0.5, 0.6) is 0 Å². The molecule has 0 bridgehead atoms. The molecule has 0 saturated carbocycles. The third-order valence-corrected chi connectivity index (χ3v) is 4.08. The van der Waals surface area contributed by atoms with Crippen LogP contribution in [0.3, 0.4) is 0 Å². The van der Waals surface area contributed by atoms with E-state index in [4.69, 9.17) is 0 Å². The maximum absolute atomic E-state index is 4.41. The third kappa shape index (κ3) is 3.34. The molecule has 1 fully saturated rings. The van der Waals surface area contributed by atoms with Crippen LogP contribution >= 0.6 is 0 Å². The minimum Gasteiger partial charge on any atom is -0.311 e. The van der Waals surface area contributed by atoms with E-state index in [0.29, 0.717) is 6.04 Å². The van der Waals surface area contributed by atoms with Crippen molar-refractivity contribution >= 4 is 0 Å². The van der Waals surface area contributed by atoms with Crippen LogP contribution in [0.1, 0.15) is 46.4 Å². The molecule has 108 valence electrons. The fraction of sp³-hybridized carbons (Fsp3) is 0.857. The highest BCUT2D eigenvalue weighted by molar-refractivity contribution is 4.96. The first-order valence-corrected chi connectivity index (χ1v) is 7.42. The lowest BCUT2D eigenvalue weighted by Gasteiger charge is -2.46. The smallest absolute Gasteiger partial charge is 0.141 e. The molecule has 1 aliphatic heterocycles. The predicted octanol–water partition coefficient (Wildman–Crippen LogP) is 1.65. The number of rotatable bonds is 5. The van der Waals surface area contributed by atoms with E-state index >= 15 is 0 Å². The first-order chi connectivity index (χ1) is 9.06. The Morgan fingerprint density at radius 2 is 2.21 bits per heavy atom. The maximum atomic E-state index is 4.41. The highest BCUT2D eigenvalue weighted by Gasteiger charge is 2.34. The molecule has 5 nitrogen and oxygen atoms in total. The Morgan fingerprint density at radius 3 is 2.89 bits per heavy atom. The van der Waals surface area contributed by atoms with Crippen LogP contribution < -0.4 is 5.32 Å². The van der Waals surface area contributed by atoms with Gasteiger partial charge in [-0.2, -0.15) is 5.10 Å². The summed E-state index contributed by atoms with van der Waals surface area (Å²) in [6, 6.07) is 0.607. The molecule has 0 aliphatic carbocycles. The summed E-state index contributed by atoms with van der Waals surface area (Å²) in [6.07, 6.45) is 4.14. The lowest BCUT2D eigenvalue weighted by atomic mass is 9.96. The minimum absolute atomic E-state index is 0.175. The Hall–Kier alpha value is -0.940. The molecule has 5 heteroatoms. The summed E-state index contributed by atoms with van der Waals surface area (Å²) in [6.45, 7) is 12.9. The molecule has 19 heavy (non-hydrogen) atoms. The second-order valence-electron chi connectivity index (χ2n) is 6.05. The van der Waals surface area contributed by atoms with Gasteiger partial charge < -0.3 is 5.32 Å². The summed E-state index contributed by atoms with van der Waals surface area (Å²) in [7, 11) is 0. The van der Waals surface area contributed by atoms with E-state index in [1.807, 2.05) is 4.68 Å². The van der Waals surface area contributed by atoms with Gasteiger partial charge in [-0.15, -0.1) is 0 Å². The molecule has 0 amide bonds. The fourth-order valence-corrected chi connectivity index (χ4v) is 2.75. The van der Waals surface area contributed by atoms with Crippen LogP contribution in [0.15, 0.2) is 6.33 Å². The van der Waals surface area contributed by atoms with Gasteiger partial charge in [0.15, 0.2) is 0 Å². The highest BCUT2D eigenvalue weighted by atomic mass is 15.4. The van der Waals surface area contributed by atoms with Crippen molar-refractivity contribution in [1.29, 1.82) is 0 Å². The second kappa shape index (κ2) is 6.01. The van der Waals surface area contributed by atoms with Crippen molar-refractivity contribution in [1.82, 2.24) is 25.0 Å². The van der Waals surface area contributed by atoms with Gasteiger partial charge in [-0.3, -0.25) is 4.90 Å². The average Bonchev–Trinajstić information content (AvgIpc) is 2.81. The zero-order valence-corrected chi connectivity index (χ0v) is 12.7. The molecule has 1 N–H and O–H groups in total. The van der Waals surface area contributed by atoms with Crippen LogP contribution in [-0.2, 0) is 13.1 Å². The van der Waals surface area contributed by atoms with Crippen molar-refractivity contribution in [2.75, 3.05) is 13.1 Å². The topological polar surface area (TPSA) is 46.0 Å². The lowest BCUT2D eigenvalue weighted by Crippen LogP contribution is -2.61. The van der Waals surface area contributed by atoms with Gasteiger partial charge in [0.1, 0.15) is 12.2 Å². The molecule has 1 aromatic heterocycles. The van der Waals surface area contributed by atoms with E-state index in [-0.39, 0.29) is 5.54 Å². The van der Waals surface area contributed by atoms with Gasteiger partial charge >= 0.3 is 0 Å². The fourth-order valence-electron chi connectivity index (χ4n) is 2.75. The van der Waals surface area contributed by atoms with Crippen molar-refractivity contribution in [3.8, 4) is 0 Å². The third-order valence-electron chi connectivity index (χ3n) is 4.08. The monoisotopic (exact) mass is 265 g/mol. The molecule has 1 aromatic rings. The molecule has 1 atom stereocenters. The van der Waals surface area contributed by atoms with E-state index in [1.165, 1.54) is 12.8 Å². The van der Waals surface area contributed by atoms with Crippen molar-refractivity contribution in [2.24, 2.45) is 0 Å². The van der Waals surface area contributed by atoms with Crippen LogP contribution in [0.2, 0.25) is 0 Å². The molecule has 0 aromatic carbocycles. The zero-order chi connectivity index (χ0) is 13.9. The first-order valence-electron chi connectivity index (χ1n) is 7.42. The largest absolute Gasteiger partial charge is 0.311 e. The molecule has 0 radical (unpaired) electrons. The van der Waals surface area contributed by atoms with Gasteiger partial charge in [0, 0.05) is 31.2 Å². The molecule has 1 unspecified atom stereocenters. The Bertz CT molecular complexity index is 398. The quantitative estimate of drug-likeness (QED) is 0.879. The van der Waals surface area contributed by atoms with E-state index in [0.717, 1.165) is 32.0 Å². The van der Waals surface area contributed by atoms with Gasteiger partial charge in [0.2, 0.25) is 0 Å². The van der Waals surface area contributed by atoms with Gasteiger partial charge in [-0.05, 0) is 27.2 Å². The number of aryl methyl sites for hydroxylation is 1. The second-order valence-corrected chi connectivity index (χ2v) is 6.05. The summed E-state index contributed by atoms with van der Waals surface area (Å²) in [4.78, 5) is 6.95. The van der Waals surface area contributed by atoms with Gasteiger partial charge in [0.25, 0.3) is 0 Å². The van der Waals surface area contributed by atoms with Crippen LogP contribution in [-0.4, -0.2) is 44.3 Å². The first kappa shape index (κ1) is 14.5. The summed E-state index contributed by atoms with van der Waals surface area (Å²) < 4.78 is 1.99. The van der Waals surface area contributed by atoms with E-state index in [9.17, 15) is 0 Å². The summed E-state index contributed by atoms with van der Waals surface area (Å²) in [5.74, 6) is 1.08. The van der Waals surface area contributed by atoms with Gasteiger partial charge in [-0.25, -0.2) is 9.67 Å². The number of nitrogens with zero attached hydrogens (tertiary/aromatic N) is 4. The normalized spacial score (nSPS) is 23.7. The number of piperazine rings is 1. The minimum atomic E-state index is 0.175. The van der Waals surface area contributed by atoms with Crippen LogP contribution in [0, 0.1) is 0 Å². The molecule has 1 saturated heterocycles. The van der Waals surface area contributed by atoms with Crippen molar-refractivity contribution < 1.29 is 0 Å². The van der Waals surface area contributed by atoms with E-state index in [1.54, 1.807) is 6.33 Å². The molecule has 2 heterocycles. The summed E-state index contributed by atoms with van der Waals surface area (Å²) >= 11 is 0. The molecule has 2 rings (SSSR count). The molecular formula is C14H27N5. The Kier molecular flexibility index (Phi) is 4.58. The Balaban J connectivity index is 2.07. The Morgan fingerprint density at radius 1 is 1.42 bits per heavy atom. The van der Waals surface area contributed by atoms with Crippen molar-refractivity contribution in [2.45, 2.75) is 65.2 Å². The van der Waals surface area contributed by atoms with Gasteiger partial charge in [-0.1, -0.05) is 13.3 Å². The molecular weight excluding hydrogens is 238 g/mol. The SMILES string of the molecule is CCCC1CN(Cc2ncnn2CC)C(C)(C)CN1. The number of hydrogen-bond donors (Lipinski definition) is 1. The predicted molar refractivity (Wildman–Crippen MR) is 76.9 cm³/mol. The summed E-state index contributed by atoms with van der Waals surface area (Å²) in [5.41, 5.74) is 0.175. The van der Waals surface area contributed by atoms with Gasteiger partial charge in [0.05, 0.1) is 6.54 Å². The lowest BCUT2D eigenvalue weighted by molar-refractivity contribution is 0.0527. The summed E-state index contributed by atoms with van der Waals surface area (Å²) in [5, 5.41) is 7.93. The highest BCUT2D eigenvalue weighted by Crippen LogP contribution is 2.22. The Labute approximate surface area is 116 Å². The van der Waals surface area contributed by atoms with Crippen molar-refractivity contribution in [3.63, 3.8) is 0 Å². The number of nitrogens with one attached hydrogen (secondary N) is 1. The maximum Gasteiger partial charge on any atom is 0.141 e. The molecule has 0 spiro atoms. The van der Waals surface area contributed by atoms with Crippen LogP contribution in [0.4, 0.5) is 0 Å².